The first-order valence-electron chi connectivity index (χ1n) is 10.8. The molecule has 0 fully saturated rings. The van der Waals surface area contributed by atoms with Gasteiger partial charge in [0.05, 0.1) is 18.1 Å². The Morgan fingerprint density at radius 1 is 0.970 bits per heavy atom. The first-order valence-corrected chi connectivity index (χ1v) is 12.3. The lowest BCUT2D eigenvalue weighted by atomic mass is 10.1. The maximum absolute atomic E-state index is 12.8. The van der Waals surface area contributed by atoms with Crippen LogP contribution < -0.4 is 24.8 Å². The van der Waals surface area contributed by atoms with Crippen LogP contribution in [0.2, 0.25) is 0 Å². The molecular weight excluding hydrogens is 446 g/mol. The molecule has 1 aliphatic rings. The summed E-state index contributed by atoms with van der Waals surface area (Å²) in [6.45, 7) is 6.41. The highest BCUT2D eigenvalue weighted by Crippen LogP contribution is 2.32. The Morgan fingerprint density at radius 3 is 2.30 bits per heavy atom. The van der Waals surface area contributed by atoms with Crippen molar-refractivity contribution in [3.63, 3.8) is 0 Å². The van der Waals surface area contributed by atoms with Gasteiger partial charge in [0.15, 0.2) is 11.5 Å². The molecule has 0 bridgehead atoms. The van der Waals surface area contributed by atoms with E-state index >= 15 is 0 Å². The molecular formula is C23H29N3O6S. The largest absolute Gasteiger partial charge is 0.490 e. The Kier molecular flexibility index (Phi) is 7.80. The van der Waals surface area contributed by atoms with Crippen molar-refractivity contribution in [1.29, 1.82) is 0 Å². The Morgan fingerprint density at radius 2 is 1.64 bits per heavy atom. The Balaban J connectivity index is 1.64. The predicted molar refractivity (Wildman–Crippen MR) is 124 cm³/mol. The number of hydrogen-bond donors (Lipinski definition) is 3. The number of amides is 2. The Hall–Kier alpha value is -3.27. The van der Waals surface area contributed by atoms with Gasteiger partial charge in [-0.25, -0.2) is 8.42 Å². The highest BCUT2D eigenvalue weighted by atomic mass is 32.2. The third-order valence-corrected chi connectivity index (χ3v) is 6.55. The van der Waals surface area contributed by atoms with Crippen LogP contribution in [0.1, 0.15) is 44.0 Å². The van der Waals surface area contributed by atoms with Crippen LogP contribution >= 0.6 is 0 Å². The summed E-state index contributed by atoms with van der Waals surface area (Å²) in [5.74, 6) is 0.194. The zero-order valence-electron chi connectivity index (χ0n) is 18.9. The summed E-state index contributed by atoms with van der Waals surface area (Å²) in [4.78, 5) is 24.6. The summed E-state index contributed by atoms with van der Waals surface area (Å²) in [5.41, 5.74) is 0.595. The number of ether oxygens (including phenoxy) is 2. The molecule has 33 heavy (non-hydrogen) atoms. The molecule has 0 aliphatic carbocycles. The fourth-order valence-electron chi connectivity index (χ4n) is 3.03. The lowest BCUT2D eigenvalue weighted by Gasteiger charge is -2.17. The molecule has 1 aliphatic heterocycles. The van der Waals surface area contributed by atoms with E-state index < -0.39 is 22.0 Å². The van der Waals surface area contributed by atoms with Crippen LogP contribution in [0.5, 0.6) is 11.5 Å². The average molecular weight is 476 g/mol. The molecule has 9 nitrogen and oxygen atoms in total. The number of fused-ring (bicyclic) bond motifs is 1. The van der Waals surface area contributed by atoms with Gasteiger partial charge in [-0.1, -0.05) is 6.92 Å². The first-order chi connectivity index (χ1) is 15.7. The lowest BCUT2D eigenvalue weighted by molar-refractivity contribution is -0.123. The molecule has 1 heterocycles. The van der Waals surface area contributed by atoms with Crippen molar-refractivity contribution >= 4 is 27.5 Å². The highest BCUT2D eigenvalue weighted by molar-refractivity contribution is 7.92. The fourth-order valence-corrected chi connectivity index (χ4v) is 4.10. The zero-order chi connectivity index (χ0) is 24.0. The number of anilines is 1. The van der Waals surface area contributed by atoms with Gasteiger partial charge < -0.3 is 20.1 Å². The van der Waals surface area contributed by atoms with E-state index in [-0.39, 0.29) is 16.8 Å². The van der Waals surface area contributed by atoms with Crippen LogP contribution in [0.25, 0.3) is 0 Å². The van der Waals surface area contributed by atoms with E-state index in [9.17, 15) is 18.0 Å². The van der Waals surface area contributed by atoms with Crippen LogP contribution in [-0.4, -0.2) is 45.5 Å². The van der Waals surface area contributed by atoms with Crippen LogP contribution in [0.15, 0.2) is 47.4 Å². The van der Waals surface area contributed by atoms with Crippen molar-refractivity contribution in [3.05, 3.63) is 48.0 Å². The van der Waals surface area contributed by atoms with Crippen molar-refractivity contribution in [2.45, 2.75) is 50.6 Å². The Bertz CT molecular complexity index is 1100. The van der Waals surface area contributed by atoms with Gasteiger partial charge in [-0.3, -0.25) is 14.3 Å². The normalized spacial score (nSPS) is 15.0. The number of sulfonamides is 1. The summed E-state index contributed by atoms with van der Waals surface area (Å²) in [6, 6.07) is 9.70. The van der Waals surface area contributed by atoms with Crippen LogP contribution in [0.3, 0.4) is 0 Å². The minimum absolute atomic E-state index is 0.0165. The molecule has 3 N–H and O–H groups in total. The molecule has 0 spiro atoms. The third kappa shape index (κ3) is 6.38. The second kappa shape index (κ2) is 10.6. The lowest BCUT2D eigenvalue weighted by Crippen LogP contribution is -2.47. The fraction of sp³-hybridized carbons (Fsp3) is 0.391. The average Bonchev–Trinajstić information content (AvgIpc) is 3.04. The van der Waals surface area contributed by atoms with Gasteiger partial charge >= 0.3 is 0 Å². The number of nitrogens with one attached hydrogen (secondary N) is 3. The van der Waals surface area contributed by atoms with E-state index in [1.54, 1.807) is 13.0 Å². The summed E-state index contributed by atoms with van der Waals surface area (Å²) in [5, 5.41) is 5.45. The first kappa shape index (κ1) is 24.4. The van der Waals surface area contributed by atoms with Gasteiger partial charge in [-0.15, -0.1) is 0 Å². The van der Waals surface area contributed by atoms with Crippen molar-refractivity contribution in [2.24, 2.45) is 0 Å². The summed E-state index contributed by atoms with van der Waals surface area (Å²) >= 11 is 0. The minimum Gasteiger partial charge on any atom is -0.490 e. The van der Waals surface area contributed by atoms with Crippen molar-refractivity contribution in [3.8, 4) is 11.5 Å². The van der Waals surface area contributed by atoms with E-state index in [2.05, 4.69) is 15.4 Å². The number of hydrogen-bond acceptors (Lipinski definition) is 6. The maximum Gasteiger partial charge on any atom is 0.262 e. The van der Waals surface area contributed by atoms with Crippen molar-refractivity contribution in [1.82, 2.24) is 10.6 Å². The molecule has 0 saturated carbocycles. The molecule has 2 unspecified atom stereocenters. The number of rotatable bonds is 8. The monoisotopic (exact) mass is 475 g/mol. The van der Waals surface area contributed by atoms with Crippen LogP contribution in [-0.2, 0) is 14.8 Å². The Labute approximate surface area is 193 Å². The molecule has 0 radical (unpaired) electrons. The van der Waals surface area contributed by atoms with Gasteiger partial charge in [-0.05, 0) is 56.7 Å². The maximum atomic E-state index is 12.8. The van der Waals surface area contributed by atoms with Crippen LogP contribution in [0, 0.1) is 0 Å². The number of carbonyl (C=O) groups excluding carboxylic acids is 2. The quantitative estimate of drug-likeness (QED) is 0.540. The molecule has 2 aromatic rings. The molecule has 0 saturated heterocycles. The van der Waals surface area contributed by atoms with Crippen LogP contribution in [0.4, 0.5) is 5.69 Å². The number of carbonyl (C=O) groups is 2. The molecule has 2 aromatic carbocycles. The van der Waals surface area contributed by atoms with E-state index in [1.165, 1.54) is 36.4 Å². The number of benzene rings is 2. The molecule has 178 valence electrons. The van der Waals surface area contributed by atoms with E-state index in [0.29, 0.717) is 36.0 Å². The smallest absolute Gasteiger partial charge is 0.262 e. The van der Waals surface area contributed by atoms with E-state index in [1.807, 2.05) is 13.8 Å². The summed E-state index contributed by atoms with van der Waals surface area (Å²) < 4.78 is 39.2. The summed E-state index contributed by atoms with van der Waals surface area (Å²) in [7, 11) is -3.88. The van der Waals surface area contributed by atoms with Gasteiger partial charge in [-0.2, -0.15) is 0 Å². The van der Waals surface area contributed by atoms with Gasteiger partial charge in [0, 0.05) is 29.8 Å². The van der Waals surface area contributed by atoms with E-state index in [4.69, 9.17) is 9.47 Å². The zero-order valence-corrected chi connectivity index (χ0v) is 19.7. The molecule has 0 aromatic heterocycles. The molecule has 2 atom stereocenters. The second-order valence-corrected chi connectivity index (χ2v) is 9.54. The predicted octanol–water partition coefficient (Wildman–Crippen LogP) is 2.68. The SMILES string of the molecule is CCC(C)NC(=O)C(C)NC(=O)c1ccc(NS(=O)(=O)c2ccc3c(c2)OCCCO3)cc1. The molecule has 10 heteroatoms. The van der Waals surface area contributed by atoms with Gasteiger partial charge in [0.25, 0.3) is 15.9 Å². The van der Waals surface area contributed by atoms with Crippen molar-refractivity contribution in [2.75, 3.05) is 17.9 Å². The minimum atomic E-state index is -3.88. The van der Waals surface area contributed by atoms with Gasteiger partial charge in [0.1, 0.15) is 6.04 Å². The molecule has 3 rings (SSSR count). The summed E-state index contributed by atoms with van der Waals surface area (Å²) in [6.07, 6.45) is 1.51. The van der Waals surface area contributed by atoms with E-state index in [0.717, 1.165) is 12.8 Å². The third-order valence-electron chi connectivity index (χ3n) is 5.17. The standard InChI is InChI=1S/C23H29N3O6S/c1-4-15(2)24-22(27)16(3)25-23(28)17-6-8-18(9-7-17)26-33(29,30)19-10-11-20-21(14-19)32-13-5-12-31-20/h6-11,14-16,26H,4-5,12-13H2,1-3H3,(H,24,27)(H,25,28). The molecule has 2 amide bonds. The second-order valence-electron chi connectivity index (χ2n) is 7.85. The van der Waals surface area contributed by atoms with Crippen molar-refractivity contribution < 1.29 is 27.5 Å². The van der Waals surface area contributed by atoms with Gasteiger partial charge in [0.2, 0.25) is 5.91 Å². The topological polar surface area (TPSA) is 123 Å². The highest BCUT2D eigenvalue weighted by Gasteiger charge is 2.20.